The molecule has 1 aromatic carbocycles. The quantitative estimate of drug-likeness (QED) is 0.873. The summed E-state index contributed by atoms with van der Waals surface area (Å²) in [7, 11) is 0. The Bertz CT molecular complexity index is 394. The molecule has 0 amide bonds. The highest BCUT2D eigenvalue weighted by molar-refractivity contribution is 5.56. The highest BCUT2D eigenvalue weighted by Crippen LogP contribution is 2.34. The van der Waals surface area contributed by atoms with E-state index in [1.165, 1.54) is 25.0 Å². The standard InChI is InChI=1S/C14H20FNO/c1-3-13-6-4-10(2)16(13)14-7-5-12(15)8-11(14)9-17/h5,7-8,10,13,17H,3-4,6,9H2,1-2H3. The predicted octanol–water partition coefficient (Wildman–Crippen LogP) is 3.09. The zero-order valence-corrected chi connectivity index (χ0v) is 10.5. The van der Waals surface area contributed by atoms with Crippen molar-refractivity contribution in [1.29, 1.82) is 0 Å². The first-order valence-corrected chi connectivity index (χ1v) is 6.35. The molecule has 1 aliphatic rings. The van der Waals surface area contributed by atoms with Crippen LogP contribution < -0.4 is 4.90 Å². The molecule has 0 radical (unpaired) electrons. The SMILES string of the molecule is CCC1CCC(C)N1c1ccc(F)cc1CO. The number of halogens is 1. The number of aliphatic hydroxyl groups is 1. The fourth-order valence-corrected chi connectivity index (χ4v) is 2.84. The van der Waals surface area contributed by atoms with Gasteiger partial charge in [0.15, 0.2) is 0 Å². The molecule has 3 heteroatoms. The molecule has 2 atom stereocenters. The van der Waals surface area contributed by atoms with Gasteiger partial charge >= 0.3 is 0 Å². The molecular weight excluding hydrogens is 217 g/mol. The van der Waals surface area contributed by atoms with Crippen molar-refractivity contribution in [3.8, 4) is 0 Å². The minimum atomic E-state index is -0.280. The van der Waals surface area contributed by atoms with E-state index < -0.39 is 0 Å². The summed E-state index contributed by atoms with van der Waals surface area (Å²) in [6, 6.07) is 5.70. The molecule has 0 bridgehead atoms. The number of nitrogens with zero attached hydrogens (tertiary/aromatic N) is 1. The highest BCUT2D eigenvalue weighted by Gasteiger charge is 2.30. The smallest absolute Gasteiger partial charge is 0.123 e. The molecule has 2 unspecified atom stereocenters. The zero-order valence-electron chi connectivity index (χ0n) is 10.5. The third-order valence-corrected chi connectivity index (χ3v) is 3.75. The summed E-state index contributed by atoms with van der Waals surface area (Å²) in [4.78, 5) is 2.34. The minimum Gasteiger partial charge on any atom is -0.392 e. The van der Waals surface area contributed by atoms with Gasteiger partial charge in [-0.15, -0.1) is 0 Å². The lowest BCUT2D eigenvalue weighted by molar-refractivity contribution is 0.281. The summed E-state index contributed by atoms with van der Waals surface area (Å²) < 4.78 is 13.2. The first-order valence-electron chi connectivity index (χ1n) is 6.35. The molecule has 0 aromatic heterocycles. The van der Waals surface area contributed by atoms with Gasteiger partial charge in [-0.1, -0.05) is 6.92 Å². The Balaban J connectivity index is 2.38. The van der Waals surface area contributed by atoms with Crippen LogP contribution in [0.1, 0.15) is 38.7 Å². The van der Waals surface area contributed by atoms with Crippen molar-refractivity contribution >= 4 is 5.69 Å². The maximum absolute atomic E-state index is 13.2. The molecule has 17 heavy (non-hydrogen) atoms. The van der Waals surface area contributed by atoms with Crippen LogP contribution in [-0.2, 0) is 6.61 Å². The van der Waals surface area contributed by atoms with Crippen LogP contribution in [0.25, 0.3) is 0 Å². The summed E-state index contributed by atoms with van der Waals surface area (Å²) in [6.07, 6.45) is 3.44. The second kappa shape index (κ2) is 5.05. The van der Waals surface area contributed by atoms with E-state index in [0.29, 0.717) is 17.6 Å². The third kappa shape index (κ3) is 2.29. The average molecular weight is 237 g/mol. The molecule has 1 aromatic rings. The molecule has 1 fully saturated rings. The van der Waals surface area contributed by atoms with Gasteiger partial charge in [0.1, 0.15) is 5.82 Å². The number of anilines is 1. The van der Waals surface area contributed by atoms with Crippen LogP contribution in [0.3, 0.4) is 0 Å². The van der Waals surface area contributed by atoms with E-state index in [9.17, 15) is 9.50 Å². The van der Waals surface area contributed by atoms with E-state index in [0.717, 1.165) is 12.1 Å². The summed E-state index contributed by atoms with van der Waals surface area (Å²) in [5.41, 5.74) is 1.68. The molecule has 2 nitrogen and oxygen atoms in total. The molecule has 0 spiro atoms. The average Bonchev–Trinajstić information content (AvgIpc) is 2.70. The molecule has 1 aliphatic heterocycles. The fraction of sp³-hybridized carbons (Fsp3) is 0.571. The van der Waals surface area contributed by atoms with E-state index in [4.69, 9.17) is 0 Å². The number of aliphatic hydroxyl groups excluding tert-OH is 1. The monoisotopic (exact) mass is 237 g/mol. The maximum atomic E-state index is 13.2. The van der Waals surface area contributed by atoms with E-state index in [2.05, 4.69) is 18.7 Å². The molecule has 1 saturated heterocycles. The van der Waals surface area contributed by atoms with Crippen LogP contribution in [-0.4, -0.2) is 17.2 Å². The van der Waals surface area contributed by atoms with E-state index in [1.807, 2.05) is 0 Å². The van der Waals surface area contributed by atoms with Crippen molar-refractivity contribution < 1.29 is 9.50 Å². The van der Waals surface area contributed by atoms with Gasteiger partial charge in [-0.2, -0.15) is 0 Å². The summed E-state index contributed by atoms with van der Waals surface area (Å²) in [5, 5.41) is 9.36. The Hall–Kier alpha value is -1.09. The number of rotatable bonds is 3. The normalized spacial score (nSPS) is 24.4. The second-order valence-electron chi connectivity index (χ2n) is 4.83. The molecule has 94 valence electrons. The molecule has 1 heterocycles. The topological polar surface area (TPSA) is 23.5 Å². The van der Waals surface area contributed by atoms with E-state index in [1.54, 1.807) is 6.07 Å². The molecule has 2 rings (SSSR count). The first kappa shape index (κ1) is 12.4. The Morgan fingerprint density at radius 3 is 2.82 bits per heavy atom. The van der Waals surface area contributed by atoms with Gasteiger partial charge in [0.25, 0.3) is 0 Å². The van der Waals surface area contributed by atoms with Gasteiger partial charge in [0.05, 0.1) is 6.61 Å². The largest absolute Gasteiger partial charge is 0.392 e. The molecule has 1 N–H and O–H groups in total. The van der Waals surface area contributed by atoms with E-state index >= 15 is 0 Å². The van der Waals surface area contributed by atoms with Crippen LogP contribution in [0.2, 0.25) is 0 Å². The maximum Gasteiger partial charge on any atom is 0.123 e. The lowest BCUT2D eigenvalue weighted by atomic mass is 10.1. The van der Waals surface area contributed by atoms with Gasteiger partial charge in [0, 0.05) is 23.3 Å². The van der Waals surface area contributed by atoms with Crippen LogP contribution in [0.4, 0.5) is 10.1 Å². The summed E-state index contributed by atoms with van der Waals surface area (Å²) >= 11 is 0. The van der Waals surface area contributed by atoms with Crippen LogP contribution in [0, 0.1) is 5.82 Å². The lowest BCUT2D eigenvalue weighted by Crippen LogP contribution is -2.34. The Kier molecular flexibility index (Phi) is 3.67. The van der Waals surface area contributed by atoms with E-state index in [-0.39, 0.29) is 12.4 Å². The van der Waals surface area contributed by atoms with Gasteiger partial charge in [-0.3, -0.25) is 0 Å². The Labute approximate surface area is 102 Å². The molecule has 0 saturated carbocycles. The highest BCUT2D eigenvalue weighted by atomic mass is 19.1. The Morgan fingerprint density at radius 2 is 2.18 bits per heavy atom. The third-order valence-electron chi connectivity index (χ3n) is 3.75. The van der Waals surface area contributed by atoms with Crippen LogP contribution in [0.15, 0.2) is 18.2 Å². The van der Waals surface area contributed by atoms with Crippen LogP contribution in [0.5, 0.6) is 0 Å². The van der Waals surface area contributed by atoms with Gasteiger partial charge in [0.2, 0.25) is 0 Å². The van der Waals surface area contributed by atoms with Crippen molar-refractivity contribution in [3.05, 3.63) is 29.6 Å². The van der Waals surface area contributed by atoms with Crippen molar-refractivity contribution in [2.45, 2.75) is 51.8 Å². The van der Waals surface area contributed by atoms with Crippen molar-refractivity contribution in [1.82, 2.24) is 0 Å². The predicted molar refractivity (Wildman–Crippen MR) is 67.6 cm³/mol. The zero-order chi connectivity index (χ0) is 12.4. The minimum absolute atomic E-state index is 0.104. The summed E-state index contributed by atoms with van der Waals surface area (Å²) in [6.45, 7) is 4.27. The van der Waals surface area contributed by atoms with Gasteiger partial charge in [-0.25, -0.2) is 4.39 Å². The number of hydrogen-bond acceptors (Lipinski definition) is 2. The van der Waals surface area contributed by atoms with Crippen molar-refractivity contribution in [2.24, 2.45) is 0 Å². The van der Waals surface area contributed by atoms with Crippen molar-refractivity contribution in [3.63, 3.8) is 0 Å². The molecular formula is C14H20FNO. The van der Waals surface area contributed by atoms with Crippen molar-refractivity contribution in [2.75, 3.05) is 4.90 Å². The second-order valence-corrected chi connectivity index (χ2v) is 4.83. The summed E-state index contributed by atoms with van der Waals surface area (Å²) in [5.74, 6) is -0.280. The molecule has 0 aliphatic carbocycles. The Morgan fingerprint density at radius 1 is 1.41 bits per heavy atom. The number of benzene rings is 1. The first-order chi connectivity index (χ1) is 8.17. The lowest BCUT2D eigenvalue weighted by Gasteiger charge is -2.32. The fourth-order valence-electron chi connectivity index (χ4n) is 2.84. The number of hydrogen-bond donors (Lipinski definition) is 1. The van der Waals surface area contributed by atoms with Gasteiger partial charge < -0.3 is 10.0 Å². The van der Waals surface area contributed by atoms with Gasteiger partial charge in [-0.05, 0) is 44.4 Å². The van der Waals surface area contributed by atoms with Crippen LogP contribution >= 0.6 is 0 Å².